The molecule has 0 aliphatic rings. The quantitative estimate of drug-likeness (QED) is 0.689. The lowest BCUT2D eigenvalue weighted by Crippen LogP contribution is -2.20. The highest BCUT2D eigenvalue weighted by Crippen LogP contribution is 2.24. The Kier molecular flexibility index (Phi) is 3.39. The molecule has 0 spiro atoms. The first-order valence-electron chi connectivity index (χ1n) is 6.76. The molecule has 3 aromatic rings. The van der Waals surface area contributed by atoms with Crippen LogP contribution in [0, 0.1) is 0 Å². The van der Waals surface area contributed by atoms with Crippen LogP contribution in [0.2, 0.25) is 0 Å². The molecule has 5 heteroatoms. The van der Waals surface area contributed by atoms with Gasteiger partial charge < -0.3 is 4.90 Å². The molecule has 2 heterocycles. The second-order valence-electron chi connectivity index (χ2n) is 5.14. The van der Waals surface area contributed by atoms with Crippen molar-refractivity contribution in [2.75, 3.05) is 18.5 Å². The van der Waals surface area contributed by atoms with Gasteiger partial charge in [0.15, 0.2) is 5.65 Å². The summed E-state index contributed by atoms with van der Waals surface area (Å²) < 4.78 is 1.83. The molecule has 0 saturated heterocycles. The first-order valence-corrected chi connectivity index (χ1v) is 6.76. The van der Waals surface area contributed by atoms with Gasteiger partial charge in [-0.1, -0.05) is 30.4 Å². The van der Waals surface area contributed by atoms with E-state index in [1.54, 1.807) is 6.33 Å². The maximum Gasteiger partial charge on any atom is 0.168 e. The van der Waals surface area contributed by atoms with E-state index in [0.29, 0.717) is 0 Å². The summed E-state index contributed by atoms with van der Waals surface area (Å²) in [5.41, 5.74) is 2.87. The van der Waals surface area contributed by atoms with Crippen LogP contribution in [0.4, 0.5) is 5.82 Å². The standard InChI is InChI=1S/C16H17N5/c1-12(2)10-20(3)15-14-9-19-21(16(14)18-11-17-15)13-7-5-4-6-8-13/h4-9,11H,1,10H2,2-3H3. The number of likely N-dealkylation sites (N-methyl/N-ethyl adjacent to an activating group) is 1. The van der Waals surface area contributed by atoms with Crippen molar-refractivity contribution in [1.82, 2.24) is 19.7 Å². The van der Waals surface area contributed by atoms with Gasteiger partial charge in [-0.2, -0.15) is 5.10 Å². The van der Waals surface area contributed by atoms with Crippen LogP contribution in [0.1, 0.15) is 6.92 Å². The molecule has 0 bridgehead atoms. The number of benzene rings is 1. The van der Waals surface area contributed by atoms with Gasteiger partial charge in [0.1, 0.15) is 12.1 Å². The van der Waals surface area contributed by atoms with Gasteiger partial charge >= 0.3 is 0 Å². The van der Waals surface area contributed by atoms with E-state index in [0.717, 1.165) is 34.7 Å². The summed E-state index contributed by atoms with van der Waals surface area (Å²) in [5, 5.41) is 5.39. The minimum Gasteiger partial charge on any atom is -0.355 e. The lowest BCUT2D eigenvalue weighted by molar-refractivity contribution is 0.893. The summed E-state index contributed by atoms with van der Waals surface area (Å²) in [6, 6.07) is 9.96. The zero-order valence-corrected chi connectivity index (χ0v) is 12.2. The van der Waals surface area contributed by atoms with E-state index >= 15 is 0 Å². The van der Waals surface area contributed by atoms with Crippen LogP contribution in [0.5, 0.6) is 0 Å². The van der Waals surface area contributed by atoms with Crippen LogP contribution in [0.25, 0.3) is 16.7 Å². The van der Waals surface area contributed by atoms with Crippen molar-refractivity contribution < 1.29 is 0 Å². The average molecular weight is 279 g/mol. The summed E-state index contributed by atoms with van der Waals surface area (Å²) in [4.78, 5) is 10.8. The fourth-order valence-corrected chi connectivity index (χ4v) is 2.37. The Balaban J connectivity index is 2.10. The molecule has 0 radical (unpaired) electrons. The Labute approximate surface area is 123 Å². The van der Waals surface area contributed by atoms with Crippen molar-refractivity contribution in [3.05, 3.63) is 55.0 Å². The van der Waals surface area contributed by atoms with Gasteiger partial charge in [0, 0.05) is 13.6 Å². The largest absolute Gasteiger partial charge is 0.355 e. The van der Waals surface area contributed by atoms with Gasteiger partial charge in [0.25, 0.3) is 0 Å². The molecule has 5 nitrogen and oxygen atoms in total. The van der Waals surface area contributed by atoms with Crippen LogP contribution < -0.4 is 4.90 Å². The van der Waals surface area contributed by atoms with Crippen LogP contribution in [-0.4, -0.2) is 33.3 Å². The number of anilines is 1. The summed E-state index contributed by atoms with van der Waals surface area (Å²) in [5.74, 6) is 0.866. The highest BCUT2D eigenvalue weighted by Gasteiger charge is 2.13. The molecular formula is C16H17N5. The first-order chi connectivity index (χ1) is 10.2. The van der Waals surface area contributed by atoms with E-state index in [1.165, 1.54) is 0 Å². The molecule has 0 atom stereocenters. The van der Waals surface area contributed by atoms with Crippen LogP contribution in [0.15, 0.2) is 55.0 Å². The van der Waals surface area contributed by atoms with E-state index in [9.17, 15) is 0 Å². The fourth-order valence-electron chi connectivity index (χ4n) is 2.37. The molecule has 0 aliphatic carbocycles. The third kappa shape index (κ3) is 2.50. The predicted molar refractivity (Wildman–Crippen MR) is 84.7 cm³/mol. The van der Waals surface area contributed by atoms with E-state index in [-0.39, 0.29) is 0 Å². The SMILES string of the molecule is C=C(C)CN(C)c1ncnc2c1cnn2-c1ccccc1. The van der Waals surface area contributed by atoms with E-state index in [4.69, 9.17) is 0 Å². The Bertz CT molecular complexity index is 776. The minimum atomic E-state index is 0.753. The van der Waals surface area contributed by atoms with Gasteiger partial charge in [0.05, 0.1) is 17.3 Å². The number of hydrogen-bond donors (Lipinski definition) is 0. The van der Waals surface area contributed by atoms with Crippen molar-refractivity contribution in [1.29, 1.82) is 0 Å². The van der Waals surface area contributed by atoms with Gasteiger partial charge in [-0.3, -0.25) is 0 Å². The summed E-state index contributed by atoms with van der Waals surface area (Å²) in [6.45, 7) is 6.70. The van der Waals surface area contributed by atoms with E-state index in [1.807, 2.05) is 55.2 Å². The van der Waals surface area contributed by atoms with Crippen LogP contribution in [0.3, 0.4) is 0 Å². The Morgan fingerprint density at radius 1 is 1.24 bits per heavy atom. The average Bonchev–Trinajstić information content (AvgIpc) is 2.91. The Morgan fingerprint density at radius 3 is 2.71 bits per heavy atom. The molecule has 0 N–H and O–H groups in total. The van der Waals surface area contributed by atoms with E-state index < -0.39 is 0 Å². The van der Waals surface area contributed by atoms with Gasteiger partial charge in [-0.15, -0.1) is 0 Å². The number of aromatic nitrogens is 4. The third-order valence-electron chi connectivity index (χ3n) is 3.21. The topological polar surface area (TPSA) is 46.8 Å². The normalized spacial score (nSPS) is 10.8. The molecule has 1 aromatic carbocycles. The summed E-state index contributed by atoms with van der Waals surface area (Å²) in [6.07, 6.45) is 3.39. The minimum absolute atomic E-state index is 0.753. The lowest BCUT2D eigenvalue weighted by atomic mass is 10.3. The molecular weight excluding hydrogens is 262 g/mol. The number of hydrogen-bond acceptors (Lipinski definition) is 4. The number of nitrogens with zero attached hydrogens (tertiary/aromatic N) is 5. The van der Waals surface area contributed by atoms with Crippen molar-refractivity contribution in [3.63, 3.8) is 0 Å². The molecule has 21 heavy (non-hydrogen) atoms. The van der Waals surface area contributed by atoms with E-state index in [2.05, 4.69) is 26.5 Å². The molecule has 106 valence electrons. The highest BCUT2D eigenvalue weighted by atomic mass is 15.3. The van der Waals surface area contributed by atoms with Crippen molar-refractivity contribution in [2.45, 2.75) is 6.92 Å². The molecule has 0 fully saturated rings. The van der Waals surface area contributed by atoms with Gasteiger partial charge in [-0.25, -0.2) is 14.6 Å². The lowest BCUT2D eigenvalue weighted by Gasteiger charge is -2.18. The van der Waals surface area contributed by atoms with Crippen LogP contribution in [-0.2, 0) is 0 Å². The number of para-hydroxylation sites is 1. The van der Waals surface area contributed by atoms with Gasteiger partial charge in [0.2, 0.25) is 0 Å². The number of rotatable bonds is 4. The summed E-state index contributed by atoms with van der Waals surface area (Å²) in [7, 11) is 2.00. The van der Waals surface area contributed by atoms with Gasteiger partial charge in [-0.05, 0) is 19.1 Å². The third-order valence-corrected chi connectivity index (χ3v) is 3.21. The van der Waals surface area contributed by atoms with Crippen molar-refractivity contribution in [3.8, 4) is 5.69 Å². The summed E-state index contributed by atoms with van der Waals surface area (Å²) >= 11 is 0. The van der Waals surface area contributed by atoms with Crippen molar-refractivity contribution in [2.24, 2.45) is 0 Å². The molecule has 0 amide bonds. The molecule has 3 rings (SSSR count). The fraction of sp³-hybridized carbons (Fsp3) is 0.188. The predicted octanol–water partition coefficient (Wildman–Crippen LogP) is 2.83. The molecule has 0 saturated carbocycles. The zero-order chi connectivity index (χ0) is 14.8. The second-order valence-corrected chi connectivity index (χ2v) is 5.14. The van der Waals surface area contributed by atoms with Crippen LogP contribution >= 0.6 is 0 Å². The molecule has 0 aliphatic heterocycles. The molecule has 2 aromatic heterocycles. The zero-order valence-electron chi connectivity index (χ0n) is 12.2. The molecule has 0 unspecified atom stereocenters. The smallest absolute Gasteiger partial charge is 0.168 e. The van der Waals surface area contributed by atoms with Crippen molar-refractivity contribution >= 4 is 16.9 Å². The Hall–Kier alpha value is -2.69. The Morgan fingerprint density at radius 2 is 2.00 bits per heavy atom. The maximum atomic E-state index is 4.45. The number of fused-ring (bicyclic) bond motifs is 1. The highest BCUT2D eigenvalue weighted by molar-refractivity contribution is 5.87. The second kappa shape index (κ2) is 5.36. The maximum absolute atomic E-state index is 4.45. The first kappa shape index (κ1) is 13.3. The monoisotopic (exact) mass is 279 g/mol.